The number of hydrogen-bond donors (Lipinski definition) is 2. The van der Waals surface area contributed by atoms with Crippen LogP contribution in [0.3, 0.4) is 0 Å². The molecule has 1 aliphatic carbocycles. The van der Waals surface area contributed by atoms with E-state index in [1.165, 1.54) is 5.56 Å². The van der Waals surface area contributed by atoms with Crippen LogP contribution in [-0.2, 0) is 6.42 Å². The minimum Gasteiger partial charge on any atom is -0.396 e. The third-order valence-corrected chi connectivity index (χ3v) is 3.13. The van der Waals surface area contributed by atoms with Crippen LogP contribution in [0, 0.1) is 5.92 Å². The molecule has 0 radical (unpaired) electrons. The molecule has 1 saturated carbocycles. The number of hydrogen-bond acceptors (Lipinski definition) is 2. The molecule has 2 atom stereocenters. The molecule has 0 aromatic heterocycles. The summed E-state index contributed by atoms with van der Waals surface area (Å²) in [4.78, 5) is 0. The SMILES string of the molecule is N[C@]1(Cc2ccccc2)C[C@H]1CCO. The van der Waals surface area contributed by atoms with Gasteiger partial charge >= 0.3 is 0 Å². The maximum Gasteiger partial charge on any atom is 0.0434 e. The summed E-state index contributed by atoms with van der Waals surface area (Å²) in [6.45, 7) is 0.262. The Morgan fingerprint density at radius 1 is 1.36 bits per heavy atom. The Labute approximate surface area is 84.7 Å². The van der Waals surface area contributed by atoms with E-state index >= 15 is 0 Å². The molecule has 2 heteroatoms. The van der Waals surface area contributed by atoms with Crippen molar-refractivity contribution in [3.8, 4) is 0 Å². The number of aliphatic hydroxyl groups excluding tert-OH is 1. The van der Waals surface area contributed by atoms with Gasteiger partial charge in [-0.15, -0.1) is 0 Å². The van der Waals surface area contributed by atoms with Crippen molar-refractivity contribution in [1.82, 2.24) is 0 Å². The van der Waals surface area contributed by atoms with Crippen molar-refractivity contribution in [1.29, 1.82) is 0 Å². The molecule has 1 aliphatic rings. The molecule has 1 aromatic carbocycles. The van der Waals surface area contributed by atoms with Crippen LogP contribution in [0.25, 0.3) is 0 Å². The van der Waals surface area contributed by atoms with Crippen LogP contribution < -0.4 is 5.73 Å². The molecular weight excluding hydrogens is 174 g/mol. The molecule has 2 nitrogen and oxygen atoms in total. The zero-order valence-corrected chi connectivity index (χ0v) is 8.32. The predicted molar refractivity (Wildman–Crippen MR) is 56.9 cm³/mol. The number of benzene rings is 1. The topological polar surface area (TPSA) is 46.2 Å². The molecule has 76 valence electrons. The van der Waals surface area contributed by atoms with E-state index in [4.69, 9.17) is 10.8 Å². The molecule has 0 aliphatic heterocycles. The van der Waals surface area contributed by atoms with Gasteiger partial charge in [-0.2, -0.15) is 0 Å². The fourth-order valence-corrected chi connectivity index (χ4v) is 2.14. The third-order valence-electron chi connectivity index (χ3n) is 3.13. The lowest BCUT2D eigenvalue weighted by molar-refractivity contribution is 0.274. The Morgan fingerprint density at radius 3 is 2.71 bits per heavy atom. The number of nitrogens with two attached hydrogens (primary N) is 1. The summed E-state index contributed by atoms with van der Waals surface area (Å²) < 4.78 is 0. The Kier molecular flexibility index (Phi) is 2.57. The molecule has 1 fully saturated rings. The zero-order chi connectivity index (χ0) is 10.0. The fourth-order valence-electron chi connectivity index (χ4n) is 2.14. The third kappa shape index (κ3) is 1.97. The smallest absolute Gasteiger partial charge is 0.0434 e. The van der Waals surface area contributed by atoms with Gasteiger partial charge in [0.15, 0.2) is 0 Å². The Bertz CT molecular complexity index is 298. The van der Waals surface area contributed by atoms with E-state index in [1.807, 2.05) is 18.2 Å². The summed E-state index contributed by atoms with van der Waals surface area (Å²) in [5, 5.41) is 8.82. The minimum absolute atomic E-state index is 0.0376. The highest BCUT2D eigenvalue weighted by Gasteiger charge is 2.49. The highest BCUT2D eigenvalue weighted by molar-refractivity contribution is 5.22. The molecule has 0 heterocycles. The highest BCUT2D eigenvalue weighted by atomic mass is 16.3. The molecule has 14 heavy (non-hydrogen) atoms. The summed E-state index contributed by atoms with van der Waals surface area (Å²) in [6.07, 6.45) is 2.85. The normalized spacial score (nSPS) is 30.3. The van der Waals surface area contributed by atoms with Gasteiger partial charge in [0.05, 0.1) is 0 Å². The van der Waals surface area contributed by atoms with Crippen LogP contribution in [0.2, 0.25) is 0 Å². The van der Waals surface area contributed by atoms with E-state index in [-0.39, 0.29) is 12.1 Å². The standard InChI is InChI=1S/C12H17NO/c13-12(9-11(12)6-7-14)8-10-4-2-1-3-5-10/h1-5,11,14H,6-9,13H2/t11-,12-/m1/s1. The van der Waals surface area contributed by atoms with E-state index in [0.717, 1.165) is 19.3 Å². The predicted octanol–water partition coefficient (Wildman–Crippen LogP) is 1.33. The lowest BCUT2D eigenvalue weighted by Gasteiger charge is -2.10. The van der Waals surface area contributed by atoms with E-state index < -0.39 is 0 Å². The molecule has 0 amide bonds. The first-order valence-electron chi connectivity index (χ1n) is 5.18. The second-order valence-corrected chi connectivity index (χ2v) is 4.31. The molecule has 0 unspecified atom stereocenters. The first-order chi connectivity index (χ1) is 6.74. The van der Waals surface area contributed by atoms with Gasteiger partial charge in [-0.25, -0.2) is 0 Å². The molecule has 2 rings (SSSR count). The van der Waals surface area contributed by atoms with E-state index in [2.05, 4.69) is 12.1 Å². The monoisotopic (exact) mass is 191 g/mol. The summed E-state index contributed by atoms with van der Waals surface area (Å²) in [5.74, 6) is 0.521. The van der Waals surface area contributed by atoms with Crippen molar-refractivity contribution in [2.24, 2.45) is 11.7 Å². The van der Waals surface area contributed by atoms with Gasteiger partial charge in [0.2, 0.25) is 0 Å². The van der Waals surface area contributed by atoms with Crippen molar-refractivity contribution in [3.05, 3.63) is 35.9 Å². The van der Waals surface area contributed by atoms with Gasteiger partial charge in [-0.1, -0.05) is 30.3 Å². The maximum absolute atomic E-state index is 8.82. The van der Waals surface area contributed by atoms with Crippen LogP contribution in [0.1, 0.15) is 18.4 Å². The van der Waals surface area contributed by atoms with Crippen LogP contribution in [0.4, 0.5) is 0 Å². The largest absolute Gasteiger partial charge is 0.396 e. The van der Waals surface area contributed by atoms with Gasteiger partial charge in [0, 0.05) is 12.1 Å². The van der Waals surface area contributed by atoms with Crippen LogP contribution >= 0.6 is 0 Å². The molecule has 1 aromatic rings. The Morgan fingerprint density at radius 2 is 2.07 bits per heavy atom. The number of rotatable bonds is 4. The first kappa shape index (κ1) is 9.69. The molecule has 0 spiro atoms. The average Bonchev–Trinajstić information content (AvgIpc) is 2.78. The fraction of sp³-hybridized carbons (Fsp3) is 0.500. The van der Waals surface area contributed by atoms with Crippen molar-refractivity contribution < 1.29 is 5.11 Å². The Balaban J connectivity index is 1.94. The van der Waals surface area contributed by atoms with Gasteiger partial charge in [0.25, 0.3) is 0 Å². The average molecular weight is 191 g/mol. The lowest BCUT2D eigenvalue weighted by atomic mass is 10.0. The molecule has 0 bridgehead atoms. The summed E-state index contributed by atoms with van der Waals surface area (Å²) >= 11 is 0. The Hall–Kier alpha value is -0.860. The van der Waals surface area contributed by atoms with Crippen LogP contribution in [-0.4, -0.2) is 17.3 Å². The van der Waals surface area contributed by atoms with Gasteiger partial charge < -0.3 is 10.8 Å². The molecule has 3 N–H and O–H groups in total. The second-order valence-electron chi connectivity index (χ2n) is 4.31. The zero-order valence-electron chi connectivity index (χ0n) is 8.32. The highest BCUT2D eigenvalue weighted by Crippen LogP contribution is 2.45. The molecular formula is C12H17NO. The van der Waals surface area contributed by atoms with Crippen molar-refractivity contribution >= 4 is 0 Å². The van der Waals surface area contributed by atoms with E-state index in [1.54, 1.807) is 0 Å². The second kappa shape index (κ2) is 3.71. The van der Waals surface area contributed by atoms with Gasteiger partial charge in [-0.05, 0) is 30.7 Å². The summed E-state index contributed by atoms with van der Waals surface area (Å²) in [5.41, 5.74) is 7.46. The molecule has 0 saturated heterocycles. The lowest BCUT2D eigenvalue weighted by Crippen LogP contribution is -2.28. The van der Waals surface area contributed by atoms with Crippen molar-refractivity contribution in [3.63, 3.8) is 0 Å². The van der Waals surface area contributed by atoms with Crippen molar-refractivity contribution in [2.45, 2.75) is 24.8 Å². The van der Waals surface area contributed by atoms with Gasteiger partial charge in [-0.3, -0.25) is 0 Å². The van der Waals surface area contributed by atoms with Crippen LogP contribution in [0.15, 0.2) is 30.3 Å². The summed E-state index contributed by atoms with van der Waals surface area (Å²) in [7, 11) is 0. The van der Waals surface area contributed by atoms with E-state index in [0.29, 0.717) is 5.92 Å². The maximum atomic E-state index is 8.82. The summed E-state index contributed by atoms with van der Waals surface area (Å²) in [6, 6.07) is 10.3. The quantitative estimate of drug-likeness (QED) is 0.754. The van der Waals surface area contributed by atoms with Crippen LogP contribution in [0.5, 0.6) is 0 Å². The van der Waals surface area contributed by atoms with Gasteiger partial charge in [0.1, 0.15) is 0 Å². The van der Waals surface area contributed by atoms with E-state index in [9.17, 15) is 0 Å². The first-order valence-corrected chi connectivity index (χ1v) is 5.18. The number of aliphatic hydroxyl groups is 1. The van der Waals surface area contributed by atoms with Crippen molar-refractivity contribution in [2.75, 3.05) is 6.61 Å². The minimum atomic E-state index is -0.0376.